The van der Waals surface area contributed by atoms with Gasteiger partial charge < -0.3 is 4.57 Å². The predicted octanol–water partition coefficient (Wildman–Crippen LogP) is 2.84. The van der Waals surface area contributed by atoms with Crippen LogP contribution >= 0.6 is 0 Å². The molecule has 0 saturated heterocycles. The van der Waals surface area contributed by atoms with Gasteiger partial charge in [-0.15, -0.1) is 0 Å². The molecule has 0 saturated carbocycles. The summed E-state index contributed by atoms with van der Waals surface area (Å²) >= 11 is 0. The second-order valence-corrected chi connectivity index (χ2v) is 2.80. The zero-order valence-electron chi connectivity index (χ0n) is 7.46. The summed E-state index contributed by atoms with van der Waals surface area (Å²) in [6, 6.07) is 4.21. The summed E-state index contributed by atoms with van der Waals surface area (Å²) in [4.78, 5) is 0. The van der Waals surface area contributed by atoms with Gasteiger partial charge in [-0.1, -0.05) is 13.0 Å². The minimum Gasteiger partial charge on any atom is -0.351 e. The molecule has 0 amide bonds. The van der Waals surface area contributed by atoms with Crippen LogP contribution in [0.15, 0.2) is 24.4 Å². The Hall–Kier alpha value is -0.980. The van der Waals surface area contributed by atoms with Gasteiger partial charge in [0.15, 0.2) is 0 Å². The van der Waals surface area contributed by atoms with Gasteiger partial charge in [0.05, 0.1) is 0 Å². The number of hydrogen-bond donors (Lipinski definition) is 0. The lowest BCUT2D eigenvalue weighted by Crippen LogP contribution is -1.90. The van der Waals surface area contributed by atoms with Crippen LogP contribution in [0, 0.1) is 0 Å². The van der Waals surface area contributed by atoms with Crippen molar-refractivity contribution in [1.29, 1.82) is 0 Å². The molecule has 11 heavy (non-hydrogen) atoms. The fourth-order valence-corrected chi connectivity index (χ4v) is 1.28. The summed E-state index contributed by atoms with van der Waals surface area (Å²) in [7, 11) is 2.07. The molecule has 0 unspecified atom stereocenters. The molecule has 0 aliphatic carbocycles. The van der Waals surface area contributed by atoms with Crippen LogP contribution in [-0.2, 0) is 7.05 Å². The van der Waals surface area contributed by atoms with Crippen LogP contribution in [0.5, 0.6) is 0 Å². The molecule has 0 aliphatic heterocycles. The van der Waals surface area contributed by atoms with Crippen molar-refractivity contribution in [2.45, 2.75) is 20.3 Å². The highest BCUT2D eigenvalue weighted by Crippen LogP contribution is 2.13. The first-order valence-electron chi connectivity index (χ1n) is 4.04. The second-order valence-electron chi connectivity index (χ2n) is 2.80. The summed E-state index contributed by atoms with van der Waals surface area (Å²) in [6.45, 7) is 4.31. The van der Waals surface area contributed by atoms with Crippen molar-refractivity contribution >= 4 is 5.57 Å². The molecule has 0 spiro atoms. The highest BCUT2D eigenvalue weighted by atomic mass is 14.9. The van der Waals surface area contributed by atoms with Crippen LogP contribution in [0.4, 0.5) is 0 Å². The fourth-order valence-electron chi connectivity index (χ4n) is 1.28. The Kier molecular flexibility index (Phi) is 2.53. The van der Waals surface area contributed by atoms with Crippen molar-refractivity contribution in [2.24, 2.45) is 7.05 Å². The van der Waals surface area contributed by atoms with Crippen LogP contribution < -0.4 is 0 Å². The van der Waals surface area contributed by atoms with Crippen LogP contribution in [0.25, 0.3) is 5.57 Å². The van der Waals surface area contributed by atoms with Gasteiger partial charge in [0.2, 0.25) is 0 Å². The maximum atomic E-state index is 2.25. The first-order valence-corrected chi connectivity index (χ1v) is 4.04. The lowest BCUT2D eigenvalue weighted by molar-refractivity contribution is 0.906. The van der Waals surface area contributed by atoms with Crippen LogP contribution in [0.1, 0.15) is 26.0 Å². The van der Waals surface area contributed by atoms with E-state index in [1.165, 1.54) is 11.3 Å². The SMILES string of the molecule is CC/C=C(\C)c1cccn1C. The van der Waals surface area contributed by atoms with Gasteiger partial charge in [0, 0.05) is 18.9 Å². The average Bonchev–Trinajstić information content (AvgIpc) is 2.36. The average molecular weight is 149 g/mol. The van der Waals surface area contributed by atoms with E-state index in [2.05, 4.69) is 49.9 Å². The molecule has 1 heteroatoms. The van der Waals surface area contributed by atoms with Crippen molar-refractivity contribution in [2.75, 3.05) is 0 Å². The monoisotopic (exact) mass is 149 g/mol. The Bertz CT molecular complexity index is 256. The van der Waals surface area contributed by atoms with Gasteiger partial charge in [0.1, 0.15) is 0 Å². The molecule has 0 aliphatic rings. The van der Waals surface area contributed by atoms with E-state index >= 15 is 0 Å². The highest BCUT2D eigenvalue weighted by molar-refractivity contribution is 5.60. The molecule has 0 radical (unpaired) electrons. The summed E-state index contributed by atoms with van der Waals surface area (Å²) < 4.78 is 2.14. The smallest absolute Gasteiger partial charge is 0.0430 e. The van der Waals surface area contributed by atoms with Crippen molar-refractivity contribution < 1.29 is 0 Å². The van der Waals surface area contributed by atoms with E-state index in [9.17, 15) is 0 Å². The number of aromatic nitrogens is 1. The van der Waals surface area contributed by atoms with Gasteiger partial charge >= 0.3 is 0 Å². The number of allylic oxidation sites excluding steroid dienone is 2. The normalized spacial score (nSPS) is 12.1. The minimum atomic E-state index is 1.11. The molecule has 0 aromatic carbocycles. The Morgan fingerprint density at radius 3 is 2.82 bits per heavy atom. The molecule has 0 N–H and O–H groups in total. The maximum absolute atomic E-state index is 2.25. The molecule has 1 nitrogen and oxygen atoms in total. The fraction of sp³-hybridized carbons (Fsp3) is 0.400. The van der Waals surface area contributed by atoms with E-state index in [1.54, 1.807) is 0 Å². The van der Waals surface area contributed by atoms with Gasteiger partial charge in [-0.3, -0.25) is 0 Å². The Labute approximate surface area is 68.4 Å². The molecular weight excluding hydrogens is 134 g/mol. The Morgan fingerprint density at radius 2 is 2.36 bits per heavy atom. The third-order valence-electron chi connectivity index (χ3n) is 1.86. The molecule has 1 aromatic rings. The summed E-state index contributed by atoms with van der Waals surface area (Å²) in [5, 5.41) is 0. The standard InChI is InChI=1S/C10H15N/c1-4-6-9(2)10-7-5-8-11(10)3/h5-8H,4H2,1-3H3/b9-6+. The lowest BCUT2D eigenvalue weighted by atomic mass is 10.2. The van der Waals surface area contributed by atoms with Gasteiger partial charge in [0.25, 0.3) is 0 Å². The summed E-state index contributed by atoms with van der Waals surface area (Å²) in [6.07, 6.45) is 5.43. The zero-order valence-corrected chi connectivity index (χ0v) is 7.46. The Balaban J connectivity index is 2.92. The van der Waals surface area contributed by atoms with E-state index in [0.717, 1.165) is 6.42 Å². The molecule has 0 bridgehead atoms. The molecule has 60 valence electrons. The van der Waals surface area contributed by atoms with Crippen molar-refractivity contribution in [3.05, 3.63) is 30.1 Å². The summed E-state index contributed by atoms with van der Waals surface area (Å²) in [5.74, 6) is 0. The molecule has 0 atom stereocenters. The van der Waals surface area contributed by atoms with E-state index in [-0.39, 0.29) is 0 Å². The third kappa shape index (κ3) is 1.73. The van der Waals surface area contributed by atoms with Crippen molar-refractivity contribution in [3.63, 3.8) is 0 Å². The number of aryl methyl sites for hydroxylation is 1. The first kappa shape index (κ1) is 8.12. The third-order valence-corrected chi connectivity index (χ3v) is 1.86. The number of hydrogen-bond acceptors (Lipinski definition) is 0. The van der Waals surface area contributed by atoms with Gasteiger partial charge in [-0.05, 0) is 31.1 Å². The van der Waals surface area contributed by atoms with E-state index in [4.69, 9.17) is 0 Å². The highest BCUT2D eigenvalue weighted by Gasteiger charge is 1.96. The quantitative estimate of drug-likeness (QED) is 0.609. The van der Waals surface area contributed by atoms with Gasteiger partial charge in [-0.2, -0.15) is 0 Å². The second kappa shape index (κ2) is 3.42. The first-order chi connectivity index (χ1) is 5.25. The lowest BCUT2D eigenvalue weighted by Gasteiger charge is -2.01. The van der Waals surface area contributed by atoms with E-state index in [0.29, 0.717) is 0 Å². The molecule has 0 fully saturated rings. The van der Waals surface area contributed by atoms with E-state index < -0.39 is 0 Å². The molecule has 1 heterocycles. The van der Waals surface area contributed by atoms with Crippen molar-refractivity contribution in [3.8, 4) is 0 Å². The zero-order chi connectivity index (χ0) is 8.27. The van der Waals surface area contributed by atoms with Crippen molar-refractivity contribution in [1.82, 2.24) is 4.57 Å². The number of rotatable bonds is 2. The van der Waals surface area contributed by atoms with E-state index in [1.807, 2.05) is 0 Å². The van der Waals surface area contributed by atoms with Crippen LogP contribution in [0.3, 0.4) is 0 Å². The minimum absolute atomic E-state index is 1.11. The topological polar surface area (TPSA) is 4.93 Å². The van der Waals surface area contributed by atoms with Crippen LogP contribution in [-0.4, -0.2) is 4.57 Å². The largest absolute Gasteiger partial charge is 0.351 e. The maximum Gasteiger partial charge on any atom is 0.0430 e. The summed E-state index contributed by atoms with van der Waals surface area (Å²) in [5.41, 5.74) is 2.67. The van der Waals surface area contributed by atoms with Gasteiger partial charge in [-0.25, -0.2) is 0 Å². The predicted molar refractivity (Wildman–Crippen MR) is 49.4 cm³/mol. The molecule has 1 rings (SSSR count). The number of nitrogens with zero attached hydrogens (tertiary/aromatic N) is 1. The van der Waals surface area contributed by atoms with Crippen LogP contribution in [0.2, 0.25) is 0 Å². The Morgan fingerprint density at radius 1 is 1.64 bits per heavy atom. The molecule has 1 aromatic heterocycles. The molecular formula is C10H15N.